The largest absolute Gasteiger partial charge is 0.452 e. The Balaban J connectivity index is 1.52. The number of rotatable bonds is 9. The molecule has 3 aromatic carbocycles. The summed E-state index contributed by atoms with van der Waals surface area (Å²) in [6.45, 7) is 0.0792. The third-order valence-electron chi connectivity index (χ3n) is 4.59. The van der Waals surface area contributed by atoms with Crippen LogP contribution in [0.4, 0.5) is 11.4 Å². The maximum absolute atomic E-state index is 12.5. The lowest BCUT2D eigenvalue weighted by Crippen LogP contribution is -2.21. The molecule has 33 heavy (non-hydrogen) atoms. The molecular formula is C23H22ClN3O5S. The Morgan fingerprint density at radius 2 is 1.61 bits per heavy atom. The van der Waals surface area contributed by atoms with E-state index < -0.39 is 28.5 Å². The zero-order valence-corrected chi connectivity index (χ0v) is 19.0. The maximum Gasteiger partial charge on any atom is 0.340 e. The lowest BCUT2D eigenvalue weighted by molar-refractivity contribution is -0.119. The number of esters is 1. The number of sulfonamides is 1. The maximum atomic E-state index is 12.5. The predicted octanol–water partition coefficient (Wildman–Crippen LogP) is 3.44. The Bertz CT molecular complexity index is 1230. The highest BCUT2D eigenvalue weighted by Gasteiger charge is 2.15. The van der Waals surface area contributed by atoms with Gasteiger partial charge in [0, 0.05) is 22.9 Å². The van der Waals surface area contributed by atoms with Crippen LogP contribution < -0.4 is 15.8 Å². The molecular weight excluding hydrogens is 466 g/mol. The van der Waals surface area contributed by atoms with Gasteiger partial charge in [-0.2, -0.15) is 0 Å². The van der Waals surface area contributed by atoms with Crippen LogP contribution in [0.1, 0.15) is 15.9 Å². The van der Waals surface area contributed by atoms with Crippen LogP contribution in [0.25, 0.3) is 0 Å². The minimum atomic E-state index is -3.82. The van der Waals surface area contributed by atoms with Gasteiger partial charge in [0.05, 0.1) is 10.5 Å². The van der Waals surface area contributed by atoms with Crippen molar-refractivity contribution < 1.29 is 22.7 Å². The third-order valence-corrected chi connectivity index (χ3v) is 5.77. The molecule has 10 heteroatoms. The molecule has 0 heterocycles. The van der Waals surface area contributed by atoms with Crippen molar-refractivity contribution in [2.75, 3.05) is 23.8 Å². The van der Waals surface area contributed by atoms with Gasteiger partial charge < -0.3 is 15.4 Å². The fraction of sp³-hybridized carbons (Fsp3) is 0.130. The van der Waals surface area contributed by atoms with Gasteiger partial charge in [-0.1, -0.05) is 35.9 Å². The summed E-state index contributed by atoms with van der Waals surface area (Å²) in [7, 11) is -3.82. The van der Waals surface area contributed by atoms with E-state index >= 15 is 0 Å². The first-order chi connectivity index (χ1) is 15.7. The van der Waals surface area contributed by atoms with Crippen LogP contribution in [0.5, 0.6) is 0 Å². The molecule has 172 valence electrons. The van der Waals surface area contributed by atoms with Crippen LogP contribution >= 0.6 is 11.6 Å². The highest BCUT2D eigenvalue weighted by Crippen LogP contribution is 2.17. The van der Waals surface area contributed by atoms with E-state index in [1.807, 2.05) is 24.3 Å². The number of nitrogens with one attached hydrogen (secondary N) is 2. The number of primary sulfonamides is 1. The quantitative estimate of drug-likeness (QED) is 0.397. The first kappa shape index (κ1) is 24.2. The molecule has 3 rings (SSSR count). The van der Waals surface area contributed by atoms with Gasteiger partial charge in [0.1, 0.15) is 0 Å². The SMILES string of the molecule is NS(=O)(=O)c1ccc(NC(=O)COC(=O)c2ccccc2NCCc2ccc(Cl)cc2)cc1. The first-order valence-electron chi connectivity index (χ1n) is 9.89. The van der Waals surface area contributed by atoms with Gasteiger partial charge in [0.25, 0.3) is 5.91 Å². The summed E-state index contributed by atoms with van der Waals surface area (Å²) in [5, 5.41) is 11.4. The van der Waals surface area contributed by atoms with Crippen LogP contribution in [-0.2, 0) is 26.0 Å². The zero-order chi connectivity index (χ0) is 23.8. The second-order valence-electron chi connectivity index (χ2n) is 7.04. The zero-order valence-electron chi connectivity index (χ0n) is 17.5. The van der Waals surface area contributed by atoms with Gasteiger partial charge in [0.2, 0.25) is 10.0 Å². The second-order valence-corrected chi connectivity index (χ2v) is 9.04. The molecule has 0 spiro atoms. The molecule has 0 aliphatic rings. The van der Waals surface area contributed by atoms with Gasteiger partial charge >= 0.3 is 5.97 Å². The Hall–Kier alpha value is -3.40. The van der Waals surface area contributed by atoms with Crippen LogP contribution in [-0.4, -0.2) is 33.4 Å². The van der Waals surface area contributed by atoms with Crippen molar-refractivity contribution in [1.82, 2.24) is 0 Å². The number of carbonyl (C=O) groups excluding carboxylic acids is 2. The number of amides is 1. The Morgan fingerprint density at radius 3 is 2.27 bits per heavy atom. The van der Waals surface area contributed by atoms with E-state index in [1.165, 1.54) is 24.3 Å². The highest BCUT2D eigenvalue weighted by molar-refractivity contribution is 7.89. The van der Waals surface area contributed by atoms with E-state index in [9.17, 15) is 18.0 Å². The van der Waals surface area contributed by atoms with E-state index in [0.29, 0.717) is 28.5 Å². The molecule has 0 saturated carbocycles. The second kappa shape index (κ2) is 11.0. The van der Waals surface area contributed by atoms with E-state index in [0.717, 1.165) is 12.0 Å². The van der Waals surface area contributed by atoms with E-state index in [2.05, 4.69) is 10.6 Å². The molecule has 0 atom stereocenters. The molecule has 3 aromatic rings. The first-order valence-corrected chi connectivity index (χ1v) is 11.8. The number of hydrogen-bond donors (Lipinski definition) is 3. The Morgan fingerprint density at radius 1 is 0.939 bits per heavy atom. The van der Waals surface area contributed by atoms with Crippen molar-refractivity contribution in [2.45, 2.75) is 11.3 Å². The lowest BCUT2D eigenvalue weighted by atomic mass is 10.1. The summed E-state index contributed by atoms with van der Waals surface area (Å²) in [5.41, 5.74) is 2.34. The molecule has 1 amide bonds. The molecule has 0 unspecified atom stereocenters. The van der Waals surface area contributed by atoms with Crippen molar-refractivity contribution >= 4 is 44.9 Å². The fourth-order valence-corrected chi connectivity index (χ4v) is 3.58. The predicted molar refractivity (Wildman–Crippen MR) is 127 cm³/mol. The van der Waals surface area contributed by atoms with E-state index in [1.54, 1.807) is 24.3 Å². The summed E-state index contributed by atoms with van der Waals surface area (Å²) in [6, 6.07) is 19.7. The van der Waals surface area contributed by atoms with E-state index in [-0.39, 0.29) is 4.90 Å². The molecule has 8 nitrogen and oxygen atoms in total. The number of para-hydroxylation sites is 1. The number of benzene rings is 3. The molecule has 0 aromatic heterocycles. The van der Waals surface area contributed by atoms with Crippen molar-refractivity contribution in [3.63, 3.8) is 0 Å². The van der Waals surface area contributed by atoms with Gasteiger partial charge in [-0.15, -0.1) is 0 Å². The van der Waals surface area contributed by atoms with Crippen molar-refractivity contribution in [3.05, 3.63) is 88.9 Å². The monoisotopic (exact) mass is 487 g/mol. The third kappa shape index (κ3) is 7.31. The average molecular weight is 488 g/mol. The fourth-order valence-electron chi connectivity index (χ4n) is 2.94. The van der Waals surface area contributed by atoms with Crippen molar-refractivity contribution in [1.29, 1.82) is 0 Å². The van der Waals surface area contributed by atoms with E-state index in [4.69, 9.17) is 21.5 Å². The average Bonchev–Trinajstić information content (AvgIpc) is 2.79. The topological polar surface area (TPSA) is 128 Å². The number of ether oxygens (including phenoxy) is 1. The van der Waals surface area contributed by atoms with Crippen molar-refractivity contribution in [3.8, 4) is 0 Å². The summed E-state index contributed by atoms with van der Waals surface area (Å²) in [4.78, 5) is 24.5. The highest BCUT2D eigenvalue weighted by atomic mass is 35.5. The van der Waals surface area contributed by atoms with Crippen molar-refractivity contribution in [2.24, 2.45) is 5.14 Å². The van der Waals surface area contributed by atoms with Gasteiger partial charge in [-0.3, -0.25) is 4.79 Å². The van der Waals surface area contributed by atoms with Crippen LogP contribution in [0.3, 0.4) is 0 Å². The van der Waals surface area contributed by atoms with Crippen LogP contribution in [0.2, 0.25) is 5.02 Å². The summed E-state index contributed by atoms with van der Waals surface area (Å²) >= 11 is 5.90. The lowest BCUT2D eigenvalue weighted by Gasteiger charge is -2.12. The molecule has 0 aliphatic carbocycles. The number of nitrogens with two attached hydrogens (primary N) is 1. The Kier molecular flexibility index (Phi) is 8.05. The van der Waals surface area contributed by atoms with Gasteiger partial charge in [0.15, 0.2) is 6.61 Å². The minimum Gasteiger partial charge on any atom is -0.452 e. The summed E-state index contributed by atoms with van der Waals surface area (Å²) < 4.78 is 27.7. The van der Waals surface area contributed by atoms with Gasteiger partial charge in [-0.05, 0) is 60.5 Å². The number of halogens is 1. The molecule has 0 bridgehead atoms. The van der Waals surface area contributed by atoms with Crippen LogP contribution in [0.15, 0.2) is 77.7 Å². The minimum absolute atomic E-state index is 0.0768. The smallest absolute Gasteiger partial charge is 0.340 e. The molecule has 0 radical (unpaired) electrons. The number of anilines is 2. The molecule has 0 aliphatic heterocycles. The molecule has 0 saturated heterocycles. The number of carbonyl (C=O) groups is 2. The normalized spacial score (nSPS) is 11.0. The molecule has 0 fully saturated rings. The summed E-state index contributed by atoms with van der Waals surface area (Å²) in [5.74, 6) is -1.22. The van der Waals surface area contributed by atoms with Crippen LogP contribution in [0, 0.1) is 0 Å². The molecule has 4 N–H and O–H groups in total. The number of hydrogen-bond acceptors (Lipinski definition) is 6. The van der Waals surface area contributed by atoms with Gasteiger partial charge in [-0.25, -0.2) is 18.4 Å². The summed E-state index contributed by atoms with van der Waals surface area (Å²) in [6.07, 6.45) is 0.729. The Labute approximate surface area is 196 Å². The standard InChI is InChI=1S/C23H22ClN3O5S/c24-17-7-5-16(6-8-17)13-14-26-21-4-2-1-3-20(21)23(29)32-15-22(28)27-18-9-11-19(12-10-18)33(25,30)31/h1-12,26H,13-15H2,(H,27,28)(H2,25,30,31).